The van der Waals surface area contributed by atoms with Crippen molar-refractivity contribution in [1.29, 1.82) is 0 Å². The third-order valence-electron chi connectivity index (χ3n) is 5.48. The summed E-state index contributed by atoms with van der Waals surface area (Å²) in [6.45, 7) is 3.86. The molecule has 0 fully saturated rings. The molecule has 1 amide bonds. The maximum absolute atomic E-state index is 13.0. The molecule has 2 aromatic carbocycles. The van der Waals surface area contributed by atoms with Crippen molar-refractivity contribution >= 4 is 40.4 Å². The number of thioether (sulfide) groups is 1. The Morgan fingerprint density at radius 3 is 2.84 bits per heavy atom. The lowest BCUT2D eigenvalue weighted by Gasteiger charge is -2.29. The minimum Gasteiger partial charge on any atom is -0.367 e. The van der Waals surface area contributed by atoms with Gasteiger partial charge >= 0.3 is 0 Å². The molecule has 0 bridgehead atoms. The Morgan fingerprint density at radius 1 is 1.19 bits per heavy atom. The van der Waals surface area contributed by atoms with Gasteiger partial charge in [-0.25, -0.2) is 0 Å². The molecule has 1 aliphatic heterocycles. The van der Waals surface area contributed by atoms with Crippen molar-refractivity contribution < 1.29 is 9.32 Å². The largest absolute Gasteiger partial charge is 0.367 e. The van der Waals surface area contributed by atoms with E-state index >= 15 is 0 Å². The number of thiophene rings is 1. The zero-order chi connectivity index (χ0) is 21.9. The fourth-order valence-electron chi connectivity index (χ4n) is 3.84. The number of nitrogens with zero attached hydrogens (tertiary/aromatic N) is 2. The van der Waals surface area contributed by atoms with Gasteiger partial charge in [-0.3, -0.25) is 4.79 Å². The van der Waals surface area contributed by atoms with Crippen LogP contribution in [0.1, 0.15) is 32.3 Å². The molecule has 1 aliphatic rings. The number of amides is 1. The van der Waals surface area contributed by atoms with Crippen LogP contribution in [0.4, 0.5) is 11.4 Å². The van der Waals surface area contributed by atoms with E-state index in [-0.39, 0.29) is 5.91 Å². The lowest BCUT2D eigenvalue weighted by molar-refractivity contribution is 0.102. The van der Waals surface area contributed by atoms with E-state index in [1.165, 1.54) is 16.1 Å². The van der Waals surface area contributed by atoms with Crippen LogP contribution < -0.4 is 10.2 Å². The Hall–Kier alpha value is -3.03. The number of hydrogen-bond donors (Lipinski definition) is 1. The molecule has 162 valence electrons. The van der Waals surface area contributed by atoms with Gasteiger partial charge in [-0.05, 0) is 66.8 Å². The number of fused-ring (bicyclic) bond motifs is 1. The highest BCUT2D eigenvalue weighted by Crippen LogP contribution is 2.30. The van der Waals surface area contributed by atoms with Crippen LogP contribution in [0.5, 0.6) is 0 Å². The molecule has 0 saturated carbocycles. The molecule has 0 spiro atoms. The Kier molecular flexibility index (Phi) is 6.01. The monoisotopic (exact) mass is 461 g/mol. The molecule has 0 atom stereocenters. The Morgan fingerprint density at radius 2 is 2.03 bits per heavy atom. The van der Waals surface area contributed by atoms with Crippen LogP contribution in [0.3, 0.4) is 0 Å². The molecule has 0 radical (unpaired) electrons. The van der Waals surface area contributed by atoms with E-state index in [4.69, 9.17) is 4.52 Å². The van der Waals surface area contributed by atoms with Crippen LogP contribution in [0, 0.1) is 6.92 Å². The maximum Gasteiger partial charge on any atom is 0.256 e. The molecule has 4 aromatic rings. The molecule has 0 aliphatic carbocycles. The standard InChI is InChI=1S/C25H23N3O2S2/c1-17-14-21(30-27-17)16-32-24-5-3-2-4-22(24)25(29)26-19-6-8-20(9-7-19)28-12-10-23-18(15-28)11-13-31-23/h2-9,11,13-14H,10,12,15-16H2,1H3,(H,26,29). The lowest BCUT2D eigenvalue weighted by Crippen LogP contribution is -2.29. The van der Waals surface area contributed by atoms with Gasteiger partial charge in [0, 0.05) is 40.3 Å². The molecule has 0 unspecified atom stereocenters. The molecule has 5 nitrogen and oxygen atoms in total. The zero-order valence-corrected chi connectivity index (χ0v) is 19.3. The molecular formula is C25H23N3O2S2. The van der Waals surface area contributed by atoms with E-state index in [1.54, 1.807) is 11.8 Å². The molecule has 5 rings (SSSR count). The minimum atomic E-state index is -0.115. The number of nitrogens with one attached hydrogen (secondary N) is 1. The van der Waals surface area contributed by atoms with Gasteiger partial charge in [-0.2, -0.15) is 0 Å². The summed E-state index contributed by atoms with van der Waals surface area (Å²) in [4.78, 5) is 17.8. The zero-order valence-electron chi connectivity index (χ0n) is 17.7. The van der Waals surface area contributed by atoms with Gasteiger partial charge in [0.2, 0.25) is 0 Å². The number of carbonyl (C=O) groups excluding carboxylic acids is 1. The van der Waals surface area contributed by atoms with Crippen molar-refractivity contribution in [3.8, 4) is 0 Å². The predicted octanol–water partition coefficient (Wildman–Crippen LogP) is 6.15. The minimum absolute atomic E-state index is 0.115. The summed E-state index contributed by atoms with van der Waals surface area (Å²) in [5, 5.41) is 9.13. The van der Waals surface area contributed by atoms with Crippen LogP contribution in [-0.2, 0) is 18.7 Å². The van der Waals surface area contributed by atoms with Gasteiger partial charge < -0.3 is 14.7 Å². The second-order valence-electron chi connectivity index (χ2n) is 7.76. The molecule has 7 heteroatoms. The maximum atomic E-state index is 13.0. The average molecular weight is 462 g/mol. The fourth-order valence-corrected chi connectivity index (χ4v) is 5.65. The van der Waals surface area contributed by atoms with Crippen molar-refractivity contribution in [2.45, 2.75) is 30.5 Å². The van der Waals surface area contributed by atoms with Gasteiger partial charge in [-0.1, -0.05) is 17.3 Å². The van der Waals surface area contributed by atoms with Gasteiger partial charge in [0.25, 0.3) is 5.91 Å². The molecule has 1 N–H and O–H groups in total. The van der Waals surface area contributed by atoms with E-state index in [2.05, 4.69) is 39.0 Å². The van der Waals surface area contributed by atoms with Crippen molar-refractivity contribution in [2.75, 3.05) is 16.8 Å². The first kappa shape index (κ1) is 20.8. The molecule has 0 saturated heterocycles. The summed E-state index contributed by atoms with van der Waals surface area (Å²) in [5.74, 6) is 1.31. The number of carbonyl (C=O) groups is 1. The predicted molar refractivity (Wildman–Crippen MR) is 131 cm³/mol. The Bertz CT molecular complexity index is 1230. The van der Waals surface area contributed by atoms with Crippen molar-refractivity contribution in [1.82, 2.24) is 5.16 Å². The first-order valence-electron chi connectivity index (χ1n) is 10.5. The van der Waals surface area contributed by atoms with Gasteiger partial charge in [0.1, 0.15) is 5.76 Å². The van der Waals surface area contributed by atoms with Crippen LogP contribution in [0.15, 0.2) is 75.5 Å². The molecule has 2 aromatic heterocycles. The van der Waals surface area contributed by atoms with E-state index in [9.17, 15) is 4.79 Å². The van der Waals surface area contributed by atoms with Crippen LogP contribution in [0.2, 0.25) is 0 Å². The van der Waals surface area contributed by atoms with E-state index in [0.29, 0.717) is 11.3 Å². The summed E-state index contributed by atoms with van der Waals surface area (Å²) >= 11 is 3.42. The second kappa shape index (κ2) is 9.22. The quantitative estimate of drug-likeness (QED) is 0.349. The molecular weight excluding hydrogens is 438 g/mol. The summed E-state index contributed by atoms with van der Waals surface area (Å²) in [7, 11) is 0. The summed E-state index contributed by atoms with van der Waals surface area (Å²) in [6, 6.07) is 19.9. The number of anilines is 2. The van der Waals surface area contributed by atoms with Crippen LogP contribution in [-0.4, -0.2) is 17.6 Å². The average Bonchev–Trinajstić information content (AvgIpc) is 3.46. The Labute approximate surface area is 195 Å². The third kappa shape index (κ3) is 4.59. The highest BCUT2D eigenvalue weighted by atomic mass is 32.2. The topological polar surface area (TPSA) is 58.4 Å². The van der Waals surface area contributed by atoms with Crippen molar-refractivity contribution in [3.63, 3.8) is 0 Å². The highest BCUT2D eigenvalue weighted by Gasteiger charge is 2.18. The van der Waals surface area contributed by atoms with Crippen molar-refractivity contribution in [3.05, 3.63) is 93.5 Å². The van der Waals surface area contributed by atoms with E-state index in [0.717, 1.165) is 41.5 Å². The van der Waals surface area contributed by atoms with Gasteiger partial charge in [0.05, 0.1) is 17.0 Å². The second-order valence-corrected chi connectivity index (χ2v) is 9.78. The number of aryl methyl sites for hydroxylation is 1. The smallest absolute Gasteiger partial charge is 0.256 e. The van der Waals surface area contributed by atoms with Gasteiger partial charge in [0.15, 0.2) is 0 Å². The number of rotatable bonds is 6. The number of aromatic nitrogens is 1. The third-order valence-corrected chi connectivity index (χ3v) is 7.60. The highest BCUT2D eigenvalue weighted by molar-refractivity contribution is 7.98. The summed E-state index contributed by atoms with van der Waals surface area (Å²) in [6.07, 6.45) is 1.09. The van der Waals surface area contributed by atoms with Crippen molar-refractivity contribution in [2.24, 2.45) is 0 Å². The fraction of sp³-hybridized carbons (Fsp3) is 0.200. The molecule has 32 heavy (non-hydrogen) atoms. The van der Waals surface area contributed by atoms with Gasteiger partial charge in [-0.15, -0.1) is 23.1 Å². The number of benzene rings is 2. The molecule has 3 heterocycles. The number of hydrogen-bond acceptors (Lipinski definition) is 6. The summed E-state index contributed by atoms with van der Waals surface area (Å²) in [5.41, 5.74) is 4.90. The SMILES string of the molecule is Cc1cc(CSc2ccccc2C(=O)Nc2ccc(N3CCc4sccc4C3)cc2)on1. The summed E-state index contributed by atoms with van der Waals surface area (Å²) < 4.78 is 5.28. The van der Waals surface area contributed by atoms with Crippen LogP contribution in [0.25, 0.3) is 0 Å². The first-order chi connectivity index (χ1) is 15.7. The lowest BCUT2D eigenvalue weighted by atomic mass is 10.1. The van der Waals surface area contributed by atoms with Crippen LogP contribution >= 0.6 is 23.1 Å². The van der Waals surface area contributed by atoms with E-state index in [1.807, 2.05) is 60.7 Å². The normalized spacial score (nSPS) is 13.1. The Balaban J connectivity index is 1.24. The van der Waals surface area contributed by atoms with E-state index < -0.39 is 0 Å². The first-order valence-corrected chi connectivity index (χ1v) is 12.4.